The van der Waals surface area contributed by atoms with E-state index in [2.05, 4.69) is 0 Å². The summed E-state index contributed by atoms with van der Waals surface area (Å²) < 4.78 is 5.69. The molecule has 0 N–H and O–H groups in total. The van der Waals surface area contributed by atoms with Crippen LogP contribution in [0.3, 0.4) is 0 Å². The lowest BCUT2D eigenvalue weighted by atomic mass is 10.0. The monoisotopic (exact) mass is 254 g/mol. The molecule has 0 aromatic heterocycles. The van der Waals surface area contributed by atoms with Crippen molar-refractivity contribution in [2.45, 2.75) is 13.8 Å². The van der Waals surface area contributed by atoms with Gasteiger partial charge in [0.2, 0.25) is 0 Å². The highest BCUT2D eigenvalue weighted by molar-refractivity contribution is 6.09. The molecule has 0 aliphatic heterocycles. The molecule has 0 fully saturated rings. The van der Waals surface area contributed by atoms with Gasteiger partial charge < -0.3 is 4.74 Å². The molecular formula is C16H14O3. The number of para-hydroxylation sites is 1. The standard InChI is InChI=1S/C16H14O3/c1-11(17)14-9-6-10-15(16(14)12(2)18)19-13-7-4-3-5-8-13/h3-10H,1-2H3. The number of benzene rings is 2. The van der Waals surface area contributed by atoms with Gasteiger partial charge in [-0.1, -0.05) is 30.3 Å². The molecule has 0 saturated heterocycles. The van der Waals surface area contributed by atoms with E-state index in [4.69, 9.17) is 4.74 Å². The van der Waals surface area contributed by atoms with Crippen molar-refractivity contribution in [3.8, 4) is 11.5 Å². The van der Waals surface area contributed by atoms with E-state index in [0.29, 0.717) is 22.6 Å². The van der Waals surface area contributed by atoms with Crippen LogP contribution in [0.5, 0.6) is 11.5 Å². The fourth-order valence-corrected chi connectivity index (χ4v) is 1.89. The number of Topliss-reactive ketones (excluding diaryl/α,β-unsaturated/α-hetero) is 2. The Morgan fingerprint density at radius 3 is 2.11 bits per heavy atom. The zero-order valence-electron chi connectivity index (χ0n) is 10.8. The molecule has 2 rings (SSSR count). The minimum Gasteiger partial charge on any atom is -0.457 e. The van der Waals surface area contributed by atoms with Crippen LogP contribution in [0.15, 0.2) is 48.5 Å². The summed E-state index contributed by atoms with van der Waals surface area (Å²) in [5, 5.41) is 0. The number of rotatable bonds is 4. The van der Waals surface area contributed by atoms with Gasteiger partial charge in [0.15, 0.2) is 11.6 Å². The maximum atomic E-state index is 11.7. The second-order valence-corrected chi connectivity index (χ2v) is 4.21. The minimum absolute atomic E-state index is 0.149. The fraction of sp³-hybridized carbons (Fsp3) is 0.125. The Morgan fingerprint density at radius 2 is 1.53 bits per heavy atom. The molecule has 0 spiro atoms. The number of carbonyl (C=O) groups is 2. The highest BCUT2D eigenvalue weighted by Crippen LogP contribution is 2.28. The molecule has 0 amide bonds. The van der Waals surface area contributed by atoms with Crippen molar-refractivity contribution in [3.63, 3.8) is 0 Å². The van der Waals surface area contributed by atoms with Gasteiger partial charge >= 0.3 is 0 Å². The van der Waals surface area contributed by atoms with Crippen LogP contribution in [0.4, 0.5) is 0 Å². The molecule has 0 aliphatic carbocycles. The van der Waals surface area contributed by atoms with Gasteiger partial charge in [-0.2, -0.15) is 0 Å². The Balaban J connectivity index is 2.48. The zero-order valence-corrected chi connectivity index (χ0v) is 10.8. The summed E-state index contributed by atoms with van der Waals surface area (Å²) >= 11 is 0. The third kappa shape index (κ3) is 2.88. The Hall–Kier alpha value is -2.42. The van der Waals surface area contributed by atoms with Gasteiger partial charge in [0, 0.05) is 5.56 Å². The number of hydrogen-bond acceptors (Lipinski definition) is 3. The quantitative estimate of drug-likeness (QED) is 0.777. The van der Waals surface area contributed by atoms with Crippen LogP contribution in [0.2, 0.25) is 0 Å². The molecule has 3 nitrogen and oxygen atoms in total. The van der Waals surface area contributed by atoms with Crippen molar-refractivity contribution >= 4 is 11.6 Å². The zero-order chi connectivity index (χ0) is 13.8. The van der Waals surface area contributed by atoms with Crippen molar-refractivity contribution in [2.75, 3.05) is 0 Å². The van der Waals surface area contributed by atoms with Gasteiger partial charge in [-0.25, -0.2) is 0 Å². The highest BCUT2D eigenvalue weighted by atomic mass is 16.5. The van der Waals surface area contributed by atoms with Gasteiger partial charge in [0.05, 0.1) is 5.56 Å². The van der Waals surface area contributed by atoms with E-state index in [1.807, 2.05) is 18.2 Å². The molecule has 0 unspecified atom stereocenters. The lowest BCUT2D eigenvalue weighted by Crippen LogP contribution is -2.06. The van der Waals surface area contributed by atoms with Crippen LogP contribution in [-0.4, -0.2) is 11.6 Å². The van der Waals surface area contributed by atoms with Crippen molar-refractivity contribution in [1.82, 2.24) is 0 Å². The van der Waals surface area contributed by atoms with Crippen molar-refractivity contribution in [2.24, 2.45) is 0 Å². The molecule has 2 aromatic carbocycles. The first-order chi connectivity index (χ1) is 9.09. The number of ether oxygens (including phenoxy) is 1. The van der Waals surface area contributed by atoms with Gasteiger partial charge in [0.25, 0.3) is 0 Å². The summed E-state index contributed by atoms with van der Waals surface area (Å²) in [6, 6.07) is 14.2. The first-order valence-electron chi connectivity index (χ1n) is 5.97. The third-order valence-corrected chi connectivity index (χ3v) is 2.73. The van der Waals surface area contributed by atoms with Crippen molar-refractivity contribution in [1.29, 1.82) is 0 Å². The topological polar surface area (TPSA) is 43.4 Å². The summed E-state index contributed by atoms with van der Waals surface area (Å²) in [5.41, 5.74) is 0.722. The maximum Gasteiger partial charge on any atom is 0.164 e. The summed E-state index contributed by atoms with van der Waals surface area (Å²) in [6.45, 7) is 2.87. The van der Waals surface area contributed by atoms with E-state index in [1.165, 1.54) is 13.8 Å². The minimum atomic E-state index is -0.184. The number of hydrogen-bond donors (Lipinski definition) is 0. The van der Waals surface area contributed by atoms with E-state index in [0.717, 1.165) is 0 Å². The molecule has 19 heavy (non-hydrogen) atoms. The summed E-state index contributed by atoms with van der Waals surface area (Å²) in [4.78, 5) is 23.3. The largest absolute Gasteiger partial charge is 0.457 e. The molecule has 0 radical (unpaired) electrons. The third-order valence-electron chi connectivity index (χ3n) is 2.73. The van der Waals surface area contributed by atoms with Crippen molar-refractivity contribution in [3.05, 3.63) is 59.7 Å². The number of ketones is 2. The first-order valence-corrected chi connectivity index (χ1v) is 5.97. The van der Waals surface area contributed by atoms with Crippen LogP contribution in [0.25, 0.3) is 0 Å². The van der Waals surface area contributed by atoms with Crippen LogP contribution in [0.1, 0.15) is 34.6 Å². The van der Waals surface area contributed by atoms with Gasteiger partial charge in [-0.05, 0) is 32.0 Å². The molecule has 0 saturated carbocycles. The predicted octanol–water partition coefficient (Wildman–Crippen LogP) is 3.88. The Bertz CT molecular complexity index is 615. The van der Waals surface area contributed by atoms with E-state index in [-0.39, 0.29) is 11.6 Å². The predicted molar refractivity (Wildman–Crippen MR) is 73.0 cm³/mol. The number of carbonyl (C=O) groups excluding carboxylic acids is 2. The SMILES string of the molecule is CC(=O)c1cccc(Oc2ccccc2)c1C(C)=O. The molecular weight excluding hydrogens is 240 g/mol. The second kappa shape index (κ2) is 5.48. The van der Waals surface area contributed by atoms with Gasteiger partial charge in [0.1, 0.15) is 11.5 Å². The average molecular weight is 254 g/mol. The smallest absolute Gasteiger partial charge is 0.164 e. The molecule has 3 heteroatoms. The maximum absolute atomic E-state index is 11.7. The average Bonchev–Trinajstić information content (AvgIpc) is 2.39. The first kappa shape index (κ1) is 13.0. The fourth-order valence-electron chi connectivity index (χ4n) is 1.89. The van der Waals surface area contributed by atoms with Gasteiger partial charge in [-0.3, -0.25) is 9.59 Å². The van der Waals surface area contributed by atoms with Crippen LogP contribution in [0, 0.1) is 0 Å². The van der Waals surface area contributed by atoms with E-state index >= 15 is 0 Å². The summed E-state index contributed by atoms with van der Waals surface area (Å²) in [6.07, 6.45) is 0. The summed E-state index contributed by atoms with van der Waals surface area (Å²) in [7, 11) is 0. The van der Waals surface area contributed by atoms with Gasteiger partial charge in [-0.15, -0.1) is 0 Å². The molecule has 2 aromatic rings. The lowest BCUT2D eigenvalue weighted by Gasteiger charge is -2.12. The van der Waals surface area contributed by atoms with E-state index in [1.54, 1.807) is 30.3 Å². The lowest BCUT2D eigenvalue weighted by molar-refractivity contribution is 0.0978. The Kier molecular flexibility index (Phi) is 3.76. The Morgan fingerprint density at radius 1 is 0.842 bits per heavy atom. The molecule has 0 aliphatic rings. The van der Waals surface area contributed by atoms with E-state index < -0.39 is 0 Å². The Labute approximate surface area is 111 Å². The molecule has 0 bridgehead atoms. The van der Waals surface area contributed by atoms with Crippen LogP contribution >= 0.6 is 0 Å². The highest BCUT2D eigenvalue weighted by Gasteiger charge is 2.17. The van der Waals surface area contributed by atoms with Crippen LogP contribution < -0.4 is 4.74 Å². The molecule has 96 valence electrons. The normalized spacial score (nSPS) is 10.0. The molecule has 0 heterocycles. The molecule has 0 atom stereocenters. The summed E-state index contributed by atoms with van der Waals surface area (Å²) in [5.74, 6) is 0.706. The van der Waals surface area contributed by atoms with Crippen LogP contribution in [-0.2, 0) is 0 Å². The van der Waals surface area contributed by atoms with E-state index in [9.17, 15) is 9.59 Å². The van der Waals surface area contributed by atoms with Crippen molar-refractivity contribution < 1.29 is 14.3 Å². The second-order valence-electron chi connectivity index (χ2n) is 4.21.